The van der Waals surface area contributed by atoms with E-state index in [4.69, 9.17) is 9.41 Å². The molecule has 1 heterocycles. The molecule has 6 aromatic carbocycles. The van der Waals surface area contributed by atoms with Crippen molar-refractivity contribution in [2.45, 2.75) is 56.2 Å². The van der Waals surface area contributed by atoms with E-state index in [0.717, 1.165) is 24.3 Å². The van der Waals surface area contributed by atoms with E-state index in [-0.39, 0.29) is 112 Å². The minimum Gasteiger partial charge on any atom is -0.507 e. The zero-order valence-electron chi connectivity index (χ0n) is 42.5. The van der Waals surface area contributed by atoms with Gasteiger partial charge in [0, 0.05) is 57.0 Å². The molecule has 0 spiro atoms. The van der Waals surface area contributed by atoms with Crippen LogP contribution in [-0.4, -0.2) is 83.3 Å². The molecule has 6 aromatic rings. The molecule has 0 atom stereocenters. The van der Waals surface area contributed by atoms with Crippen LogP contribution >= 0.6 is 0 Å². The van der Waals surface area contributed by atoms with Crippen LogP contribution in [0.5, 0.6) is 11.5 Å². The van der Waals surface area contributed by atoms with Crippen LogP contribution in [0.25, 0.3) is 33.4 Å². The Morgan fingerprint density at radius 3 is 1.52 bits per heavy atom. The Bertz CT molecular complexity index is 4410. The molecule has 24 nitrogen and oxygen atoms in total. The minimum atomic E-state index is -5.02. The van der Waals surface area contributed by atoms with Crippen molar-refractivity contribution in [3.8, 4) is 33.9 Å². The molecular weight excluding hydrogens is 1100 g/mol. The lowest BCUT2D eigenvalue weighted by molar-refractivity contribution is 0.0682. The molecule has 0 aromatic heterocycles. The first kappa shape index (κ1) is 56.8. The number of anilines is 6. The van der Waals surface area contributed by atoms with Crippen molar-refractivity contribution in [1.82, 2.24) is 0 Å². The number of phenols is 2. The van der Waals surface area contributed by atoms with E-state index < -0.39 is 91.7 Å². The SMILES string of the molecule is Cc1c(/N=c2\ccc3c(-c4ccccc4S(=O)(=O)O)c4ccc(Nc5c(C)c(NC(=O)Nc6ccc(O)c(C(=O)O)c6)c(C)c(S(=O)(=O)O)c5C)cc4oc-3c2)c(C)c(S(=O)(=O)O)c(C)c1NC(=O)Nc1ccc(O)c(C(=O)O)c1. The van der Waals surface area contributed by atoms with Gasteiger partial charge in [-0.05, 0) is 142 Å². The average molecular weight is 1150 g/mol. The standard InChI is InChI=1S/C53H46N6O18S3/c1-23-44(25(3)48(79(71,72)73)27(5)46(23)58-52(66)56-29-13-17-38(60)36(19-29)50(62)63)54-31-11-15-33-40(21-31)77-41-22-32(12-16-34(41)43(33)35-9-7-8-10-42(35)78(68,69)70)55-45-24(2)47(28(6)49(26(45)4)80(74,75)76)59-53(67)57-30-14-18-39(61)37(20-30)51(64)65/h7-22,54,60-61H,1-6H3,(H,62,63)(H,64,65)(H2,56,58,66)(H2,57,59,67)(H,68,69,70)(H,71,72,73)(H,74,75,76)/b55-32+. The van der Waals surface area contributed by atoms with Gasteiger partial charge in [-0.3, -0.25) is 13.7 Å². The molecule has 80 heavy (non-hydrogen) atoms. The third-order valence-corrected chi connectivity index (χ3v) is 16.1. The van der Waals surface area contributed by atoms with E-state index in [1.165, 1.54) is 108 Å². The Labute approximate surface area is 454 Å². The molecular formula is C53H46N6O18S3. The number of nitrogens with zero attached hydrogens (tertiary/aromatic N) is 1. The van der Waals surface area contributed by atoms with E-state index in [1.807, 2.05) is 0 Å². The third kappa shape index (κ3) is 11.2. The van der Waals surface area contributed by atoms with Crippen LogP contribution in [0.2, 0.25) is 0 Å². The number of hydrogen-bond acceptors (Lipinski definition) is 15. The number of rotatable bonds is 13. The molecule has 414 valence electrons. The Morgan fingerprint density at radius 2 is 1.00 bits per heavy atom. The first-order valence-corrected chi connectivity index (χ1v) is 27.6. The number of carboxylic acid groups (broad SMARTS) is 2. The average Bonchev–Trinajstić information content (AvgIpc) is 3.36. The molecule has 0 saturated heterocycles. The zero-order chi connectivity index (χ0) is 58.7. The maximum Gasteiger partial charge on any atom is 0.339 e. The second-order valence-electron chi connectivity index (χ2n) is 18.1. The molecule has 0 saturated carbocycles. The van der Waals surface area contributed by atoms with Gasteiger partial charge >= 0.3 is 24.0 Å². The monoisotopic (exact) mass is 1150 g/mol. The summed E-state index contributed by atoms with van der Waals surface area (Å²) in [6, 6.07) is 19.1. The van der Waals surface area contributed by atoms with Crippen molar-refractivity contribution < 1.29 is 82.9 Å². The molecule has 1 aliphatic carbocycles. The van der Waals surface area contributed by atoms with Gasteiger partial charge in [0.2, 0.25) is 0 Å². The minimum absolute atomic E-state index is 0.00664. The quantitative estimate of drug-likeness (QED) is 0.0290. The third-order valence-electron chi connectivity index (χ3n) is 12.9. The van der Waals surface area contributed by atoms with Crippen LogP contribution in [-0.2, 0) is 30.4 Å². The number of amides is 4. The van der Waals surface area contributed by atoms with Gasteiger partial charge in [-0.2, -0.15) is 25.3 Å². The maximum absolute atomic E-state index is 13.4. The van der Waals surface area contributed by atoms with Gasteiger partial charge in [-0.15, -0.1) is 0 Å². The second kappa shape index (κ2) is 21.1. The zero-order valence-corrected chi connectivity index (χ0v) is 45.0. The molecule has 27 heteroatoms. The fraction of sp³-hybridized carbons (Fsp3) is 0.113. The van der Waals surface area contributed by atoms with E-state index in [2.05, 4.69) is 26.6 Å². The van der Waals surface area contributed by atoms with Crippen molar-refractivity contribution in [3.63, 3.8) is 0 Å². The first-order valence-electron chi connectivity index (χ1n) is 23.3. The molecule has 12 N–H and O–H groups in total. The highest BCUT2D eigenvalue weighted by Gasteiger charge is 2.29. The van der Waals surface area contributed by atoms with Crippen molar-refractivity contribution in [2.75, 3.05) is 26.6 Å². The molecule has 0 fully saturated rings. The summed E-state index contributed by atoms with van der Waals surface area (Å²) >= 11 is 0. The van der Waals surface area contributed by atoms with Gasteiger partial charge in [-0.1, -0.05) is 18.2 Å². The van der Waals surface area contributed by atoms with Crippen LogP contribution < -0.4 is 31.9 Å². The number of nitrogens with one attached hydrogen (secondary N) is 5. The summed E-state index contributed by atoms with van der Waals surface area (Å²) in [4.78, 5) is 53.2. The van der Waals surface area contributed by atoms with Crippen LogP contribution in [0.15, 0.2) is 121 Å². The number of carbonyl (C=O) groups is 4. The number of carboxylic acids is 2. The molecule has 0 unspecified atom stereocenters. The molecule has 8 rings (SSSR count). The largest absolute Gasteiger partial charge is 0.507 e. The fourth-order valence-electron chi connectivity index (χ4n) is 9.49. The van der Waals surface area contributed by atoms with E-state index in [1.54, 1.807) is 6.07 Å². The predicted octanol–water partition coefficient (Wildman–Crippen LogP) is 9.87. The summed E-state index contributed by atoms with van der Waals surface area (Å²) in [5.74, 6) is -4.07. The van der Waals surface area contributed by atoms with Gasteiger partial charge in [0.1, 0.15) is 48.7 Å². The van der Waals surface area contributed by atoms with Crippen LogP contribution in [0.3, 0.4) is 0 Å². The Morgan fingerprint density at radius 1 is 0.500 bits per heavy atom. The Kier molecular flexibility index (Phi) is 15.0. The summed E-state index contributed by atoms with van der Waals surface area (Å²) < 4.78 is 116. The van der Waals surface area contributed by atoms with E-state index in [0.29, 0.717) is 0 Å². The number of urea groups is 2. The smallest absolute Gasteiger partial charge is 0.339 e. The van der Waals surface area contributed by atoms with E-state index in [9.17, 15) is 78.5 Å². The molecule has 4 amide bonds. The van der Waals surface area contributed by atoms with Crippen LogP contribution in [0.4, 0.5) is 49.4 Å². The number of hydrogen-bond donors (Lipinski definition) is 12. The van der Waals surface area contributed by atoms with Crippen molar-refractivity contribution in [2.24, 2.45) is 4.99 Å². The van der Waals surface area contributed by atoms with Crippen molar-refractivity contribution in [1.29, 1.82) is 0 Å². The first-order chi connectivity index (χ1) is 37.3. The Hall–Kier alpha value is -9.38. The normalized spacial score (nSPS) is 12.1. The molecule has 0 bridgehead atoms. The highest BCUT2D eigenvalue weighted by molar-refractivity contribution is 7.86. The highest BCUT2D eigenvalue weighted by Crippen LogP contribution is 2.45. The summed E-state index contributed by atoms with van der Waals surface area (Å²) in [6.45, 7) is 8.46. The van der Waals surface area contributed by atoms with Gasteiger partial charge in [0.15, 0.2) is 0 Å². The van der Waals surface area contributed by atoms with Crippen LogP contribution in [0, 0.1) is 41.5 Å². The summed E-state index contributed by atoms with van der Waals surface area (Å²) in [5.41, 5.74) is -0.322. The lowest BCUT2D eigenvalue weighted by Gasteiger charge is -2.23. The maximum atomic E-state index is 13.4. The molecule has 0 radical (unpaired) electrons. The lowest BCUT2D eigenvalue weighted by Crippen LogP contribution is -2.22. The van der Waals surface area contributed by atoms with E-state index >= 15 is 0 Å². The Balaban J connectivity index is 1.28. The summed E-state index contributed by atoms with van der Waals surface area (Å²) in [5, 5.41) is 52.2. The summed E-state index contributed by atoms with van der Waals surface area (Å²) in [6.07, 6.45) is 0. The lowest BCUT2D eigenvalue weighted by atomic mass is 9.93. The number of aromatic carboxylic acids is 2. The van der Waals surface area contributed by atoms with Crippen molar-refractivity contribution >= 4 is 105 Å². The number of benzene rings is 7. The summed E-state index contributed by atoms with van der Waals surface area (Å²) in [7, 11) is -14.9. The number of fused-ring (bicyclic) bond motifs is 2. The van der Waals surface area contributed by atoms with Crippen molar-refractivity contribution in [3.05, 3.63) is 147 Å². The topological polar surface area (TPSA) is 398 Å². The van der Waals surface area contributed by atoms with Gasteiger partial charge < -0.3 is 51.4 Å². The van der Waals surface area contributed by atoms with Crippen LogP contribution in [0.1, 0.15) is 54.1 Å². The molecule has 2 aliphatic rings. The second-order valence-corrected chi connectivity index (χ2v) is 22.2. The predicted molar refractivity (Wildman–Crippen MR) is 293 cm³/mol. The highest BCUT2D eigenvalue weighted by atomic mass is 32.2. The van der Waals surface area contributed by atoms with Gasteiger partial charge in [0.25, 0.3) is 30.4 Å². The number of carbonyl (C=O) groups excluding carboxylic acids is 2. The van der Waals surface area contributed by atoms with Gasteiger partial charge in [-0.25, -0.2) is 24.2 Å². The number of aromatic hydroxyl groups is 2. The van der Waals surface area contributed by atoms with Gasteiger partial charge in [0.05, 0.1) is 22.4 Å². The fourth-order valence-corrected chi connectivity index (χ4v) is 12.1. The molecule has 1 aliphatic heterocycles.